The Morgan fingerprint density at radius 1 is 1.08 bits per heavy atom. The number of aromatic nitrogens is 3. The maximum Gasteiger partial charge on any atom is 0.156 e. The van der Waals surface area contributed by atoms with Gasteiger partial charge < -0.3 is 10.1 Å². The van der Waals surface area contributed by atoms with Crippen molar-refractivity contribution in [2.24, 2.45) is 0 Å². The zero-order valence-electron chi connectivity index (χ0n) is 15.3. The number of pyridine rings is 1. The van der Waals surface area contributed by atoms with Crippen LogP contribution in [0.5, 0.6) is 0 Å². The number of aryl methyl sites for hydroxylation is 1. The van der Waals surface area contributed by atoms with E-state index in [-0.39, 0.29) is 5.92 Å². The summed E-state index contributed by atoms with van der Waals surface area (Å²) in [4.78, 5) is 4.30. The largest absolute Gasteiger partial charge is 0.381 e. The first kappa shape index (κ1) is 16.9. The van der Waals surface area contributed by atoms with E-state index < -0.39 is 0 Å². The Morgan fingerprint density at radius 3 is 2.62 bits per heavy atom. The number of anilines is 1. The summed E-state index contributed by atoms with van der Waals surface area (Å²) in [5, 5.41) is 15.0. The van der Waals surface area contributed by atoms with E-state index in [1.807, 2.05) is 13.1 Å². The third-order valence-corrected chi connectivity index (χ3v) is 5.11. The molecule has 3 heterocycles. The predicted molar refractivity (Wildman–Crippen MR) is 103 cm³/mol. The van der Waals surface area contributed by atoms with Crippen LogP contribution in [0.3, 0.4) is 0 Å². The topological polar surface area (TPSA) is 59.9 Å². The van der Waals surface area contributed by atoms with Crippen LogP contribution in [0, 0.1) is 6.92 Å². The molecule has 0 aliphatic carbocycles. The minimum Gasteiger partial charge on any atom is -0.381 e. The molecule has 2 aromatic heterocycles. The van der Waals surface area contributed by atoms with E-state index in [2.05, 4.69) is 63.8 Å². The van der Waals surface area contributed by atoms with Crippen LogP contribution in [0.1, 0.15) is 42.6 Å². The van der Waals surface area contributed by atoms with Crippen LogP contribution >= 0.6 is 0 Å². The van der Waals surface area contributed by atoms with Gasteiger partial charge in [-0.1, -0.05) is 31.2 Å². The summed E-state index contributed by atoms with van der Waals surface area (Å²) in [5.41, 5.74) is 3.23. The number of rotatable bonds is 4. The van der Waals surface area contributed by atoms with Gasteiger partial charge in [0, 0.05) is 47.8 Å². The quantitative estimate of drug-likeness (QED) is 0.770. The lowest BCUT2D eigenvalue weighted by Crippen LogP contribution is -2.28. The molecule has 0 spiro atoms. The number of hydrogen-bond donors (Lipinski definition) is 1. The monoisotopic (exact) mass is 348 g/mol. The SMILES string of the molecule is Cc1cc(C(C)c2nnc(NC3CCOCC3)c3ccccc23)ccn1. The number of hydrogen-bond acceptors (Lipinski definition) is 5. The maximum atomic E-state index is 5.45. The van der Waals surface area contributed by atoms with Gasteiger partial charge in [0.25, 0.3) is 0 Å². The van der Waals surface area contributed by atoms with E-state index >= 15 is 0 Å². The molecule has 1 N–H and O–H groups in total. The lowest BCUT2D eigenvalue weighted by Gasteiger charge is -2.24. The molecular formula is C21H24N4O. The molecule has 5 heteroatoms. The molecule has 0 amide bonds. The predicted octanol–water partition coefficient (Wildman–Crippen LogP) is 4.08. The van der Waals surface area contributed by atoms with Crippen molar-refractivity contribution in [2.45, 2.75) is 38.6 Å². The molecule has 1 unspecified atom stereocenters. The van der Waals surface area contributed by atoms with Gasteiger partial charge in [-0.25, -0.2) is 0 Å². The number of fused-ring (bicyclic) bond motifs is 1. The molecule has 3 aromatic rings. The van der Waals surface area contributed by atoms with Gasteiger partial charge in [0.05, 0.1) is 5.69 Å². The second-order valence-corrected chi connectivity index (χ2v) is 6.96. The summed E-state index contributed by atoms with van der Waals surface area (Å²) in [5.74, 6) is 1.03. The third-order valence-electron chi connectivity index (χ3n) is 5.11. The molecule has 0 saturated carbocycles. The van der Waals surface area contributed by atoms with Gasteiger partial charge in [-0.05, 0) is 37.5 Å². The Kier molecular flexibility index (Phi) is 4.80. The summed E-state index contributed by atoms with van der Waals surface area (Å²) in [6, 6.07) is 13.0. The number of benzene rings is 1. The molecule has 134 valence electrons. The van der Waals surface area contributed by atoms with Gasteiger partial charge >= 0.3 is 0 Å². The molecule has 1 aromatic carbocycles. The normalized spacial score (nSPS) is 16.5. The van der Waals surface area contributed by atoms with Crippen molar-refractivity contribution in [1.82, 2.24) is 15.2 Å². The Labute approximate surface area is 153 Å². The van der Waals surface area contributed by atoms with Gasteiger partial charge in [0.1, 0.15) is 0 Å². The zero-order valence-corrected chi connectivity index (χ0v) is 15.3. The number of nitrogens with one attached hydrogen (secondary N) is 1. The molecule has 1 aliphatic rings. The van der Waals surface area contributed by atoms with E-state index in [0.29, 0.717) is 6.04 Å². The van der Waals surface area contributed by atoms with Gasteiger partial charge in [-0.15, -0.1) is 5.10 Å². The van der Waals surface area contributed by atoms with Crippen molar-refractivity contribution in [3.63, 3.8) is 0 Å². The number of ether oxygens (including phenoxy) is 1. The summed E-state index contributed by atoms with van der Waals surface area (Å²) in [6.45, 7) is 5.80. The average Bonchev–Trinajstić information content (AvgIpc) is 2.68. The van der Waals surface area contributed by atoms with Crippen molar-refractivity contribution >= 4 is 16.6 Å². The van der Waals surface area contributed by atoms with Crippen molar-refractivity contribution in [1.29, 1.82) is 0 Å². The molecule has 26 heavy (non-hydrogen) atoms. The molecule has 5 nitrogen and oxygen atoms in total. The Bertz CT molecular complexity index is 905. The van der Waals surface area contributed by atoms with Gasteiger partial charge in [-0.2, -0.15) is 5.10 Å². The average molecular weight is 348 g/mol. The highest BCUT2D eigenvalue weighted by Gasteiger charge is 2.19. The third kappa shape index (κ3) is 3.40. The fourth-order valence-corrected chi connectivity index (χ4v) is 3.58. The van der Waals surface area contributed by atoms with Crippen LogP contribution in [0.25, 0.3) is 10.8 Å². The van der Waals surface area contributed by atoms with E-state index in [0.717, 1.165) is 54.0 Å². The van der Waals surface area contributed by atoms with Gasteiger partial charge in [0.2, 0.25) is 0 Å². The number of nitrogens with zero attached hydrogens (tertiary/aromatic N) is 3. The summed E-state index contributed by atoms with van der Waals surface area (Å²) >= 11 is 0. The fourth-order valence-electron chi connectivity index (χ4n) is 3.58. The van der Waals surface area contributed by atoms with E-state index in [1.165, 1.54) is 5.56 Å². The van der Waals surface area contributed by atoms with Crippen LogP contribution in [-0.2, 0) is 4.74 Å². The standard InChI is InChI=1S/C21H24N4O/c1-14-13-16(7-10-22-14)15(2)20-18-5-3-4-6-19(18)21(25-24-20)23-17-8-11-26-12-9-17/h3-7,10,13,15,17H,8-9,11-12H2,1-2H3,(H,23,25). The van der Waals surface area contributed by atoms with Crippen molar-refractivity contribution in [2.75, 3.05) is 18.5 Å². The molecule has 1 atom stereocenters. The van der Waals surface area contributed by atoms with E-state index in [4.69, 9.17) is 4.74 Å². The molecule has 4 rings (SSSR count). The second-order valence-electron chi connectivity index (χ2n) is 6.96. The zero-order chi connectivity index (χ0) is 17.9. The highest BCUT2D eigenvalue weighted by Crippen LogP contribution is 2.31. The smallest absolute Gasteiger partial charge is 0.156 e. The minimum absolute atomic E-state index is 0.159. The first-order valence-electron chi connectivity index (χ1n) is 9.24. The lowest BCUT2D eigenvalue weighted by atomic mass is 9.94. The van der Waals surface area contributed by atoms with Crippen LogP contribution in [0.15, 0.2) is 42.6 Å². The molecule has 0 radical (unpaired) electrons. The van der Waals surface area contributed by atoms with Crippen LogP contribution in [0.4, 0.5) is 5.82 Å². The van der Waals surface area contributed by atoms with Gasteiger partial charge in [0.15, 0.2) is 5.82 Å². The summed E-state index contributed by atoms with van der Waals surface area (Å²) in [6.07, 6.45) is 3.87. The van der Waals surface area contributed by atoms with Crippen molar-refractivity contribution in [3.8, 4) is 0 Å². The molecule has 1 fully saturated rings. The first-order chi connectivity index (χ1) is 12.7. The van der Waals surface area contributed by atoms with Crippen LogP contribution < -0.4 is 5.32 Å². The molecule has 0 bridgehead atoms. The second kappa shape index (κ2) is 7.38. The summed E-state index contributed by atoms with van der Waals surface area (Å²) in [7, 11) is 0. The van der Waals surface area contributed by atoms with E-state index in [1.54, 1.807) is 0 Å². The highest BCUT2D eigenvalue weighted by molar-refractivity contribution is 5.93. The Hall–Kier alpha value is -2.53. The summed E-state index contributed by atoms with van der Waals surface area (Å²) < 4.78 is 5.45. The first-order valence-corrected chi connectivity index (χ1v) is 9.24. The molecule has 1 saturated heterocycles. The molecule has 1 aliphatic heterocycles. The fraction of sp³-hybridized carbons (Fsp3) is 0.381. The maximum absolute atomic E-state index is 5.45. The van der Waals surface area contributed by atoms with Crippen LogP contribution in [0.2, 0.25) is 0 Å². The highest BCUT2D eigenvalue weighted by atomic mass is 16.5. The molecular weight excluding hydrogens is 324 g/mol. The van der Waals surface area contributed by atoms with Crippen molar-refractivity contribution in [3.05, 3.63) is 59.5 Å². The minimum atomic E-state index is 0.159. The lowest BCUT2D eigenvalue weighted by molar-refractivity contribution is 0.0904. The van der Waals surface area contributed by atoms with Gasteiger partial charge in [-0.3, -0.25) is 4.98 Å². The van der Waals surface area contributed by atoms with Crippen LogP contribution in [-0.4, -0.2) is 34.4 Å². The van der Waals surface area contributed by atoms with Crippen molar-refractivity contribution < 1.29 is 4.74 Å². The Morgan fingerprint density at radius 2 is 1.85 bits per heavy atom. The van der Waals surface area contributed by atoms with E-state index in [9.17, 15) is 0 Å². The Balaban J connectivity index is 1.71.